The Kier molecular flexibility index (Phi) is 5.64. The second-order valence-corrected chi connectivity index (χ2v) is 5.95. The number of amides is 2. The molecule has 2 aromatic carbocycles. The Hall–Kier alpha value is -2.04. The topological polar surface area (TPSA) is 58.2 Å². The zero-order valence-corrected chi connectivity index (χ0v) is 14.3. The number of benzene rings is 2. The van der Waals surface area contributed by atoms with Crippen molar-refractivity contribution in [2.24, 2.45) is 0 Å². The highest BCUT2D eigenvalue weighted by Crippen LogP contribution is 2.25. The maximum Gasteiger partial charge on any atom is 0.228 e. The van der Waals surface area contributed by atoms with E-state index in [0.717, 1.165) is 5.56 Å². The number of hydrogen-bond donors (Lipinski definition) is 2. The van der Waals surface area contributed by atoms with Gasteiger partial charge in [-0.15, -0.1) is 0 Å². The van der Waals surface area contributed by atoms with Gasteiger partial charge in [0.2, 0.25) is 11.8 Å². The summed E-state index contributed by atoms with van der Waals surface area (Å²) >= 11 is 12.1. The zero-order valence-electron chi connectivity index (χ0n) is 12.7. The summed E-state index contributed by atoms with van der Waals surface area (Å²) in [6, 6.07) is 10.4. The highest BCUT2D eigenvalue weighted by Gasteiger charge is 2.11. The van der Waals surface area contributed by atoms with Gasteiger partial charge in [0, 0.05) is 28.3 Å². The summed E-state index contributed by atoms with van der Waals surface area (Å²) < 4.78 is 0. The lowest BCUT2D eigenvalue weighted by atomic mass is 10.1. The smallest absolute Gasteiger partial charge is 0.228 e. The molecule has 0 saturated carbocycles. The minimum absolute atomic E-state index is 0.0713. The Morgan fingerprint density at radius 2 is 1.70 bits per heavy atom. The third kappa shape index (κ3) is 4.71. The predicted octanol–water partition coefficient (Wildman–Crippen LogP) is 4.44. The van der Waals surface area contributed by atoms with Crippen LogP contribution < -0.4 is 10.6 Å². The molecule has 2 amide bonds. The first kappa shape index (κ1) is 17.3. The maximum absolute atomic E-state index is 12.2. The van der Waals surface area contributed by atoms with Crippen molar-refractivity contribution in [3.05, 3.63) is 57.6 Å². The molecule has 0 bridgehead atoms. The van der Waals surface area contributed by atoms with Gasteiger partial charge in [-0.05, 0) is 42.3 Å². The van der Waals surface area contributed by atoms with Crippen LogP contribution in [0.1, 0.15) is 18.1 Å². The van der Waals surface area contributed by atoms with Gasteiger partial charge in [-0.3, -0.25) is 9.59 Å². The number of halogens is 2. The molecule has 23 heavy (non-hydrogen) atoms. The van der Waals surface area contributed by atoms with E-state index in [9.17, 15) is 9.59 Å². The van der Waals surface area contributed by atoms with E-state index in [1.54, 1.807) is 30.3 Å². The van der Waals surface area contributed by atoms with Gasteiger partial charge in [-0.2, -0.15) is 0 Å². The van der Waals surface area contributed by atoms with E-state index in [1.807, 2.05) is 13.0 Å². The number of rotatable bonds is 4. The minimum atomic E-state index is -0.238. The van der Waals surface area contributed by atoms with E-state index in [2.05, 4.69) is 10.6 Å². The maximum atomic E-state index is 12.2. The Bertz CT molecular complexity index is 740. The van der Waals surface area contributed by atoms with Gasteiger partial charge in [-0.1, -0.05) is 35.3 Å². The third-order valence-corrected chi connectivity index (χ3v) is 3.94. The van der Waals surface area contributed by atoms with E-state index < -0.39 is 0 Å². The molecule has 2 aromatic rings. The SMILES string of the molecule is CC(=O)Nc1cc(NC(=O)Cc2c(Cl)cccc2Cl)ccc1C. The summed E-state index contributed by atoms with van der Waals surface area (Å²) in [5.41, 5.74) is 2.74. The number of carbonyl (C=O) groups is 2. The van der Waals surface area contributed by atoms with Gasteiger partial charge in [0.05, 0.1) is 6.42 Å². The number of anilines is 2. The zero-order chi connectivity index (χ0) is 17.0. The van der Waals surface area contributed by atoms with E-state index in [4.69, 9.17) is 23.2 Å². The van der Waals surface area contributed by atoms with Crippen LogP contribution in [0.15, 0.2) is 36.4 Å². The molecule has 0 aliphatic carbocycles. The van der Waals surface area contributed by atoms with E-state index in [0.29, 0.717) is 27.0 Å². The predicted molar refractivity (Wildman–Crippen MR) is 94.3 cm³/mol. The van der Waals surface area contributed by atoms with Crippen LogP contribution in [0.4, 0.5) is 11.4 Å². The summed E-state index contributed by atoms with van der Waals surface area (Å²) in [5, 5.41) is 6.41. The standard InChI is InChI=1S/C17H16Cl2N2O2/c1-10-6-7-12(8-16(10)20-11(2)22)21-17(23)9-13-14(18)4-3-5-15(13)19/h3-8H,9H2,1-2H3,(H,20,22)(H,21,23). The normalized spacial score (nSPS) is 10.3. The fraction of sp³-hybridized carbons (Fsp3) is 0.176. The highest BCUT2D eigenvalue weighted by atomic mass is 35.5. The largest absolute Gasteiger partial charge is 0.326 e. The number of hydrogen-bond acceptors (Lipinski definition) is 2. The van der Waals surface area contributed by atoms with Gasteiger partial charge in [0.1, 0.15) is 0 Å². The van der Waals surface area contributed by atoms with Crippen molar-refractivity contribution in [1.29, 1.82) is 0 Å². The molecule has 4 nitrogen and oxygen atoms in total. The Labute approximate surface area is 144 Å². The molecule has 0 radical (unpaired) electrons. The molecule has 120 valence electrons. The van der Waals surface area contributed by atoms with Crippen molar-refractivity contribution >= 4 is 46.4 Å². The van der Waals surface area contributed by atoms with Gasteiger partial charge >= 0.3 is 0 Å². The van der Waals surface area contributed by atoms with Crippen LogP contribution >= 0.6 is 23.2 Å². The molecule has 6 heteroatoms. The summed E-state index contributed by atoms with van der Waals surface area (Å²) in [5.74, 6) is -0.406. The van der Waals surface area contributed by atoms with Crippen LogP contribution in [0.5, 0.6) is 0 Å². The van der Waals surface area contributed by atoms with Crippen molar-refractivity contribution in [2.45, 2.75) is 20.3 Å². The molecule has 0 atom stereocenters. The lowest BCUT2D eigenvalue weighted by molar-refractivity contribution is -0.115. The van der Waals surface area contributed by atoms with Gasteiger partial charge in [0.15, 0.2) is 0 Å². The Morgan fingerprint density at radius 3 is 2.30 bits per heavy atom. The molecule has 2 N–H and O–H groups in total. The molecule has 0 saturated heterocycles. The van der Waals surface area contributed by atoms with E-state index in [-0.39, 0.29) is 18.2 Å². The van der Waals surface area contributed by atoms with E-state index >= 15 is 0 Å². The number of nitrogens with one attached hydrogen (secondary N) is 2. The lowest BCUT2D eigenvalue weighted by Crippen LogP contribution is -2.15. The molecule has 0 heterocycles. The molecule has 0 fully saturated rings. The average molecular weight is 351 g/mol. The molecular formula is C17H16Cl2N2O2. The minimum Gasteiger partial charge on any atom is -0.326 e. The van der Waals surface area contributed by atoms with Crippen LogP contribution in [0.25, 0.3) is 0 Å². The van der Waals surface area contributed by atoms with Crippen LogP contribution in [0.3, 0.4) is 0 Å². The fourth-order valence-electron chi connectivity index (χ4n) is 2.09. The summed E-state index contributed by atoms with van der Waals surface area (Å²) in [4.78, 5) is 23.4. The van der Waals surface area contributed by atoms with Crippen LogP contribution in [-0.4, -0.2) is 11.8 Å². The molecular weight excluding hydrogens is 335 g/mol. The van der Waals surface area contributed by atoms with Crippen molar-refractivity contribution < 1.29 is 9.59 Å². The highest BCUT2D eigenvalue weighted by molar-refractivity contribution is 6.36. The van der Waals surface area contributed by atoms with Crippen molar-refractivity contribution in [2.75, 3.05) is 10.6 Å². The first-order valence-electron chi connectivity index (χ1n) is 6.98. The number of carbonyl (C=O) groups excluding carboxylic acids is 2. The first-order valence-corrected chi connectivity index (χ1v) is 7.73. The van der Waals surface area contributed by atoms with Crippen molar-refractivity contribution in [1.82, 2.24) is 0 Å². The van der Waals surface area contributed by atoms with Gasteiger partial charge < -0.3 is 10.6 Å². The monoisotopic (exact) mass is 350 g/mol. The Balaban J connectivity index is 2.13. The molecule has 0 unspecified atom stereocenters. The molecule has 0 aliphatic heterocycles. The van der Waals surface area contributed by atoms with Crippen LogP contribution in [0.2, 0.25) is 10.0 Å². The number of aryl methyl sites for hydroxylation is 1. The molecule has 0 aromatic heterocycles. The average Bonchev–Trinajstić information content (AvgIpc) is 2.46. The summed E-state index contributed by atoms with van der Waals surface area (Å²) in [6.45, 7) is 3.31. The summed E-state index contributed by atoms with van der Waals surface area (Å²) in [6.07, 6.45) is 0.0713. The molecule has 0 spiro atoms. The van der Waals surface area contributed by atoms with Crippen molar-refractivity contribution in [3.8, 4) is 0 Å². The van der Waals surface area contributed by atoms with Gasteiger partial charge in [0.25, 0.3) is 0 Å². The first-order chi connectivity index (χ1) is 10.9. The molecule has 2 rings (SSSR count). The Morgan fingerprint density at radius 1 is 1.04 bits per heavy atom. The summed E-state index contributed by atoms with van der Waals surface area (Å²) in [7, 11) is 0. The van der Waals surface area contributed by atoms with E-state index in [1.165, 1.54) is 6.92 Å². The van der Waals surface area contributed by atoms with Gasteiger partial charge in [-0.25, -0.2) is 0 Å². The molecule has 0 aliphatic rings. The van der Waals surface area contributed by atoms with Crippen molar-refractivity contribution in [3.63, 3.8) is 0 Å². The van der Waals surface area contributed by atoms with Crippen LogP contribution in [0, 0.1) is 6.92 Å². The third-order valence-electron chi connectivity index (χ3n) is 3.23. The quantitative estimate of drug-likeness (QED) is 0.856. The lowest BCUT2D eigenvalue weighted by Gasteiger charge is -2.11. The second kappa shape index (κ2) is 7.49. The second-order valence-electron chi connectivity index (χ2n) is 5.14. The fourth-order valence-corrected chi connectivity index (χ4v) is 2.62. The van der Waals surface area contributed by atoms with Crippen LogP contribution in [-0.2, 0) is 16.0 Å².